The van der Waals surface area contributed by atoms with Gasteiger partial charge in [0, 0.05) is 50.0 Å². The summed E-state index contributed by atoms with van der Waals surface area (Å²) in [5.41, 5.74) is 1.09. The largest absolute Gasteiger partial charge is 0.374 e. The fourth-order valence-electron chi connectivity index (χ4n) is 3.45. The van der Waals surface area contributed by atoms with Gasteiger partial charge in [-0.3, -0.25) is 9.89 Å². The Morgan fingerprint density at radius 3 is 2.97 bits per heavy atom. The molecule has 0 spiro atoms. The van der Waals surface area contributed by atoms with Crippen molar-refractivity contribution in [2.24, 2.45) is 10.9 Å². The minimum absolute atomic E-state index is 0.211. The smallest absolute Gasteiger partial charge is 0.191 e. The van der Waals surface area contributed by atoms with Gasteiger partial charge in [-0.1, -0.05) is 13.8 Å². The molecule has 2 aromatic heterocycles. The summed E-state index contributed by atoms with van der Waals surface area (Å²) in [4.78, 5) is 14.0. The highest BCUT2D eigenvalue weighted by Gasteiger charge is 2.21. The van der Waals surface area contributed by atoms with Crippen LogP contribution in [0.25, 0.3) is 10.6 Å². The molecule has 2 aromatic rings. The van der Waals surface area contributed by atoms with E-state index in [9.17, 15) is 0 Å². The van der Waals surface area contributed by atoms with Crippen LogP contribution < -0.4 is 10.6 Å². The molecule has 1 aliphatic heterocycles. The maximum atomic E-state index is 5.91. The second-order valence-electron chi connectivity index (χ2n) is 7.79. The van der Waals surface area contributed by atoms with Crippen molar-refractivity contribution < 1.29 is 4.74 Å². The molecule has 29 heavy (non-hydrogen) atoms. The lowest BCUT2D eigenvalue weighted by molar-refractivity contribution is -0.0284. The van der Waals surface area contributed by atoms with Gasteiger partial charge in [-0.25, -0.2) is 4.98 Å². The Balaban J connectivity index is 1.39. The van der Waals surface area contributed by atoms with Crippen molar-refractivity contribution in [3.05, 3.63) is 27.4 Å². The standard InChI is InChI=1S/C21H33N5OS2/c1-15(2)12-26-9-10-27-17(13-26)11-24-21(22-4)23-8-7-18-5-6-20(29-18)19-14-28-16(3)25-19/h5-6,14-15,17H,7-13H2,1-4H3,(H2,22,23,24). The predicted molar refractivity (Wildman–Crippen MR) is 124 cm³/mol. The Morgan fingerprint density at radius 2 is 2.24 bits per heavy atom. The van der Waals surface area contributed by atoms with E-state index in [-0.39, 0.29) is 6.10 Å². The Hall–Kier alpha value is -1.48. The molecule has 0 radical (unpaired) electrons. The molecule has 1 fully saturated rings. The number of thiazole rings is 1. The van der Waals surface area contributed by atoms with E-state index in [2.05, 4.69) is 56.9 Å². The van der Waals surface area contributed by atoms with Gasteiger partial charge in [0.05, 0.1) is 28.3 Å². The van der Waals surface area contributed by atoms with E-state index in [1.807, 2.05) is 25.3 Å². The average Bonchev–Trinajstić information content (AvgIpc) is 3.33. The van der Waals surface area contributed by atoms with Gasteiger partial charge in [-0.05, 0) is 31.4 Å². The van der Waals surface area contributed by atoms with E-state index in [1.165, 1.54) is 9.75 Å². The molecule has 8 heteroatoms. The van der Waals surface area contributed by atoms with Crippen molar-refractivity contribution in [2.75, 3.05) is 46.4 Å². The number of rotatable bonds is 8. The minimum atomic E-state index is 0.211. The summed E-state index contributed by atoms with van der Waals surface area (Å²) >= 11 is 3.52. The summed E-state index contributed by atoms with van der Waals surface area (Å²) in [6.45, 7) is 12.2. The van der Waals surface area contributed by atoms with Gasteiger partial charge < -0.3 is 15.4 Å². The predicted octanol–water partition coefficient (Wildman–Crippen LogP) is 3.24. The van der Waals surface area contributed by atoms with Crippen LogP contribution in [0.4, 0.5) is 0 Å². The van der Waals surface area contributed by atoms with Gasteiger partial charge in [-0.2, -0.15) is 0 Å². The fraction of sp³-hybridized carbons (Fsp3) is 0.619. The molecule has 0 aliphatic carbocycles. The number of nitrogens with one attached hydrogen (secondary N) is 2. The highest BCUT2D eigenvalue weighted by atomic mass is 32.1. The number of guanidine groups is 1. The number of hydrogen-bond acceptors (Lipinski definition) is 6. The Morgan fingerprint density at radius 1 is 1.38 bits per heavy atom. The van der Waals surface area contributed by atoms with Crippen LogP contribution in [0.1, 0.15) is 23.7 Å². The zero-order valence-electron chi connectivity index (χ0n) is 17.9. The third-order valence-electron chi connectivity index (χ3n) is 4.76. The van der Waals surface area contributed by atoms with Crippen LogP contribution in [0, 0.1) is 12.8 Å². The highest BCUT2D eigenvalue weighted by Crippen LogP contribution is 2.29. The first-order valence-electron chi connectivity index (χ1n) is 10.3. The van der Waals surface area contributed by atoms with E-state index < -0.39 is 0 Å². The summed E-state index contributed by atoms with van der Waals surface area (Å²) in [5, 5.41) is 10.1. The molecular weight excluding hydrogens is 402 g/mol. The number of morpholine rings is 1. The van der Waals surface area contributed by atoms with E-state index in [1.54, 1.807) is 11.3 Å². The van der Waals surface area contributed by atoms with Crippen molar-refractivity contribution in [2.45, 2.75) is 33.3 Å². The SMILES string of the molecule is CN=C(NCCc1ccc(-c2csc(C)n2)s1)NCC1CN(CC(C)C)CCO1. The van der Waals surface area contributed by atoms with Crippen LogP contribution in [0.15, 0.2) is 22.5 Å². The molecule has 3 rings (SSSR count). The summed E-state index contributed by atoms with van der Waals surface area (Å²) in [5.74, 6) is 1.52. The van der Waals surface area contributed by atoms with Gasteiger partial charge in [0.1, 0.15) is 0 Å². The summed E-state index contributed by atoms with van der Waals surface area (Å²) in [6, 6.07) is 4.37. The van der Waals surface area contributed by atoms with Crippen molar-refractivity contribution >= 4 is 28.6 Å². The first kappa shape index (κ1) is 22.2. The molecule has 1 unspecified atom stereocenters. The van der Waals surface area contributed by atoms with E-state index in [0.717, 1.165) is 62.4 Å². The number of hydrogen-bond donors (Lipinski definition) is 2. The Bertz CT molecular complexity index is 786. The third kappa shape index (κ3) is 7.06. The number of aliphatic imine (C=N–C) groups is 1. The highest BCUT2D eigenvalue weighted by molar-refractivity contribution is 7.16. The molecule has 2 N–H and O–H groups in total. The van der Waals surface area contributed by atoms with Gasteiger partial charge >= 0.3 is 0 Å². The molecule has 6 nitrogen and oxygen atoms in total. The monoisotopic (exact) mass is 435 g/mol. The molecule has 0 aromatic carbocycles. The average molecular weight is 436 g/mol. The summed E-state index contributed by atoms with van der Waals surface area (Å²) < 4.78 is 5.91. The van der Waals surface area contributed by atoms with Crippen LogP contribution in [-0.2, 0) is 11.2 Å². The maximum Gasteiger partial charge on any atom is 0.191 e. The van der Waals surface area contributed by atoms with Gasteiger partial charge in [0.15, 0.2) is 5.96 Å². The Labute approximate surface area is 182 Å². The number of thiophene rings is 1. The first-order valence-corrected chi connectivity index (χ1v) is 12.0. The van der Waals surface area contributed by atoms with Crippen molar-refractivity contribution in [3.63, 3.8) is 0 Å². The topological polar surface area (TPSA) is 61.8 Å². The van der Waals surface area contributed by atoms with Crippen LogP contribution in [-0.4, -0.2) is 68.3 Å². The summed E-state index contributed by atoms with van der Waals surface area (Å²) in [7, 11) is 1.82. The molecule has 160 valence electrons. The van der Waals surface area contributed by atoms with Gasteiger partial charge in [0.2, 0.25) is 0 Å². The summed E-state index contributed by atoms with van der Waals surface area (Å²) in [6.07, 6.45) is 1.18. The van der Waals surface area contributed by atoms with Crippen LogP contribution >= 0.6 is 22.7 Å². The first-order chi connectivity index (χ1) is 14.0. The molecule has 0 amide bonds. The molecule has 1 aliphatic rings. The quantitative estimate of drug-likeness (QED) is 0.492. The molecular formula is C21H33N5OS2. The number of ether oxygens (including phenoxy) is 1. The molecule has 1 saturated heterocycles. The zero-order chi connectivity index (χ0) is 20.6. The van der Waals surface area contributed by atoms with Crippen LogP contribution in [0.3, 0.4) is 0 Å². The normalized spacial score (nSPS) is 18.4. The van der Waals surface area contributed by atoms with E-state index >= 15 is 0 Å². The van der Waals surface area contributed by atoms with Crippen molar-refractivity contribution in [1.29, 1.82) is 0 Å². The van der Waals surface area contributed by atoms with Crippen LogP contribution in [0.5, 0.6) is 0 Å². The fourth-order valence-corrected chi connectivity index (χ4v) is 5.10. The van der Waals surface area contributed by atoms with E-state index in [4.69, 9.17) is 4.74 Å². The minimum Gasteiger partial charge on any atom is -0.374 e. The molecule has 0 saturated carbocycles. The number of nitrogens with zero attached hydrogens (tertiary/aromatic N) is 3. The lowest BCUT2D eigenvalue weighted by Crippen LogP contribution is -2.50. The second-order valence-corrected chi connectivity index (χ2v) is 10.0. The molecule has 0 bridgehead atoms. The van der Waals surface area contributed by atoms with Crippen molar-refractivity contribution in [1.82, 2.24) is 20.5 Å². The molecule has 1 atom stereocenters. The van der Waals surface area contributed by atoms with Crippen molar-refractivity contribution in [3.8, 4) is 10.6 Å². The second kappa shape index (κ2) is 11.1. The van der Waals surface area contributed by atoms with E-state index in [0.29, 0.717) is 5.92 Å². The zero-order valence-corrected chi connectivity index (χ0v) is 19.5. The lowest BCUT2D eigenvalue weighted by atomic mass is 10.2. The molecule has 3 heterocycles. The van der Waals surface area contributed by atoms with Gasteiger partial charge in [-0.15, -0.1) is 22.7 Å². The Kier molecular flexibility index (Phi) is 8.47. The van der Waals surface area contributed by atoms with Gasteiger partial charge in [0.25, 0.3) is 0 Å². The maximum absolute atomic E-state index is 5.91. The number of aryl methyl sites for hydroxylation is 1. The lowest BCUT2D eigenvalue weighted by Gasteiger charge is -2.34. The van der Waals surface area contributed by atoms with Crippen LogP contribution in [0.2, 0.25) is 0 Å². The third-order valence-corrected chi connectivity index (χ3v) is 6.71. The number of aromatic nitrogens is 1.